The van der Waals surface area contributed by atoms with E-state index in [9.17, 15) is 29.7 Å². The van der Waals surface area contributed by atoms with Gasteiger partial charge in [-0.05, 0) is 60.7 Å². The molecule has 0 atom stereocenters. The van der Waals surface area contributed by atoms with E-state index in [0.29, 0.717) is 45.1 Å². The topological polar surface area (TPSA) is 202 Å². The van der Waals surface area contributed by atoms with Gasteiger partial charge in [0.15, 0.2) is 0 Å². The van der Waals surface area contributed by atoms with Crippen molar-refractivity contribution in [1.82, 2.24) is 0 Å². The van der Waals surface area contributed by atoms with Gasteiger partial charge in [0.05, 0.1) is 96.8 Å². The molecule has 6 aromatic rings. The highest BCUT2D eigenvalue weighted by Crippen LogP contribution is 2.56. The van der Waals surface area contributed by atoms with Gasteiger partial charge in [0.2, 0.25) is 11.3 Å². The van der Waals surface area contributed by atoms with Crippen LogP contribution in [0.3, 0.4) is 0 Å². The number of nitrogens with zero attached hydrogens (tertiary/aromatic N) is 6. The van der Waals surface area contributed by atoms with Gasteiger partial charge in [-0.2, -0.15) is 10.5 Å². The van der Waals surface area contributed by atoms with Gasteiger partial charge in [-0.3, -0.25) is 0 Å². The van der Waals surface area contributed by atoms with E-state index in [0.717, 1.165) is 0 Å². The van der Waals surface area contributed by atoms with Crippen molar-refractivity contribution in [1.29, 1.82) is 10.5 Å². The molecule has 2 heterocycles. The first-order valence-electron chi connectivity index (χ1n) is 20.2. The number of aliphatic imine (C=N–C) groups is 4. The smallest absolute Gasteiger partial charge is 0.337 e. The number of hydrogen-bond acceptors (Lipinski definition) is 14. The second-order valence-electron chi connectivity index (χ2n) is 14.8. The van der Waals surface area contributed by atoms with Gasteiger partial charge >= 0.3 is 23.9 Å². The van der Waals surface area contributed by atoms with Crippen molar-refractivity contribution in [3.05, 3.63) is 212 Å². The zero-order valence-electron chi connectivity index (χ0n) is 35.8. The van der Waals surface area contributed by atoms with E-state index in [1.165, 1.54) is 28.4 Å². The third-order valence-corrected chi connectivity index (χ3v) is 11.2. The summed E-state index contributed by atoms with van der Waals surface area (Å²) in [4.78, 5) is 72.7. The van der Waals surface area contributed by atoms with Crippen LogP contribution in [0.5, 0.6) is 0 Å². The molecular weight excluding hydrogens is 837 g/mol. The maximum absolute atomic E-state index is 12.6. The summed E-state index contributed by atoms with van der Waals surface area (Å²) in [5.74, 6) is -2.22. The Morgan fingerprint density at radius 1 is 0.379 bits per heavy atom. The number of benzene rings is 6. The van der Waals surface area contributed by atoms with Gasteiger partial charge in [0.1, 0.15) is 0 Å². The van der Waals surface area contributed by atoms with Crippen LogP contribution in [0, 0.1) is 22.7 Å². The fourth-order valence-corrected chi connectivity index (χ4v) is 7.94. The molecule has 0 fully saturated rings. The molecule has 2 aliphatic rings. The average Bonchev–Trinajstić information content (AvgIpc) is 4.00. The number of ether oxygens (including phenoxy) is 4. The van der Waals surface area contributed by atoms with Gasteiger partial charge < -0.3 is 18.9 Å². The second kappa shape index (κ2) is 17.9. The number of nitriles is 2. The summed E-state index contributed by atoms with van der Waals surface area (Å²) in [5.41, 5.74) is 1.11. The van der Waals surface area contributed by atoms with E-state index in [1.807, 2.05) is 0 Å². The predicted octanol–water partition coefficient (Wildman–Crippen LogP) is 7.57. The molecule has 0 amide bonds. The van der Waals surface area contributed by atoms with E-state index in [-0.39, 0.29) is 44.5 Å². The molecule has 14 nitrogen and oxygen atoms in total. The molecule has 6 aromatic carbocycles. The van der Waals surface area contributed by atoms with Gasteiger partial charge in [-0.25, -0.2) is 39.1 Å². The van der Waals surface area contributed by atoms with Crippen LogP contribution in [0.2, 0.25) is 0 Å². The molecule has 0 saturated carbocycles. The van der Waals surface area contributed by atoms with Crippen LogP contribution in [0.15, 0.2) is 166 Å². The number of carbonyl (C=O) groups excluding carboxylic acids is 4. The predicted molar refractivity (Wildman–Crippen MR) is 243 cm³/mol. The molecule has 322 valence electrons. The standard InChI is InChI=1S/C52H36N6O8/c1-63-47(59)35-21-13-31(14-22-35)43-44(32-15-23-36(24-16-32)48(60)64-2)56-51(55-43,41-11-7-5-9-39(41)29-53)52(42-12-8-6-10-40(42)30-54)57-45(33-17-25-37(26-18-33)49(61)65-3)46(58-52)34-19-27-38(28-20-34)50(62)66-4/h5-28H,1-4H3. The van der Waals surface area contributed by atoms with Crippen LogP contribution in [0.4, 0.5) is 0 Å². The van der Waals surface area contributed by atoms with Gasteiger partial charge in [-0.1, -0.05) is 84.9 Å². The normalized spacial score (nSPS) is 14.3. The molecule has 0 aliphatic carbocycles. The SMILES string of the molecule is COC(=O)c1ccc(C2=NC(c3ccccc3C#N)(C3(c4ccccc4C#N)N=C(c4ccc(C(=O)OC)cc4)C(c4ccc(C(=O)OC)cc4)=N3)N=C2c2ccc(C(=O)OC)cc2)cc1. The van der Waals surface area contributed by atoms with Crippen molar-refractivity contribution >= 4 is 46.7 Å². The maximum atomic E-state index is 12.6. The summed E-state index contributed by atoms with van der Waals surface area (Å²) < 4.78 is 19.9. The Hall–Kier alpha value is -9.14. The van der Waals surface area contributed by atoms with Crippen molar-refractivity contribution in [2.45, 2.75) is 11.3 Å². The minimum atomic E-state index is -2.04. The number of methoxy groups -OCH3 is 4. The van der Waals surface area contributed by atoms with Gasteiger partial charge in [-0.15, -0.1) is 0 Å². The summed E-state index contributed by atoms with van der Waals surface area (Å²) in [6, 6.07) is 44.4. The molecule has 14 heteroatoms. The number of esters is 4. The first kappa shape index (κ1) is 43.5. The molecule has 0 radical (unpaired) electrons. The third kappa shape index (κ3) is 7.48. The minimum absolute atomic E-state index is 0.173. The van der Waals surface area contributed by atoms with E-state index >= 15 is 0 Å². The van der Waals surface area contributed by atoms with Crippen LogP contribution in [0.1, 0.15) is 85.9 Å². The highest BCUT2D eigenvalue weighted by Gasteiger charge is 2.62. The summed E-state index contributed by atoms with van der Waals surface area (Å²) in [6.07, 6.45) is 0. The molecular formula is C52H36N6O8. The van der Waals surface area contributed by atoms with Crippen LogP contribution >= 0.6 is 0 Å². The van der Waals surface area contributed by atoms with Gasteiger partial charge in [0, 0.05) is 33.4 Å². The molecule has 0 spiro atoms. The lowest BCUT2D eigenvalue weighted by molar-refractivity contribution is 0.0592. The number of rotatable bonds is 11. The molecule has 8 rings (SSSR count). The molecule has 0 unspecified atom stereocenters. The highest BCUT2D eigenvalue weighted by molar-refractivity contribution is 6.56. The zero-order valence-corrected chi connectivity index (χ0v) is 35.8. The Morgan fingerprint density at radius 2 is 0.606 bits per heavy atom. The lowest BCUT2D eigenvalue weighted by Gasteiger charge is -2.39. The molecule has 0 N–H and O–H groups in total. The fraction of sp³-hybridized carbons (Fsp3) is 0.115. The van der Waals surface area contributed by atoms with E-state index < -0.39 is 35.2 Å². The minimum Gasteiger partial charge on any atom is -0.465 e. The summed E-state index contributed by atoms with van der Waals surface area (Å²) in [7, 11) is 5.13. The van der Waals surface area contributed by atoms with Crippen molar-refractivity contribution in [3.8, 4) is 12.1 Å². The van der Waals surface area contributed by atoms with E-state index in [1.54, 1.807) is 146 Å². The van der Waals surface area contributed by atoms with Crippen molar-refractivity contribution < 1.29 is 38.1 Å². The first-order chi connectivity index (χ1) is 32.0. The summed E-state index contributed by atoms with van der Waals surface area (Å²) in [6.45, 7) is 0. The fourth-order valence-electron chi connectivity index (χ4n) is 7.94. The number of hydrogen-bond donors (Lipinski definition) is 0. The summed E-state index contributed by atoms with van der Waals surface area (Å²) in [5, 5.41) is 21.8. The van der Waals surface area contributed by atoms with Crippen molar-refractivity contribution in [2.24, 2.45) is 20.0 Å². The summed E-state index contributed by atoms with van der Waals surface area (Å²) >= 11 is 0. The molecule has 66 heavy (non-hydrogen) atoms. The van der Waals surface area contributed by atoms with Crippen LogP contribution in [-0.4, -0.2) is 75.2 Å². The Kier molecular flexibility index (Phi) is 11.8. The largest absolute Gasteiger partial charge is 0.465 e. The second-order valence-corrected chi connectivity index (χ2v) is 14.8. The quantitative estimate of drug-likeness (QED) is 0.0923. The van der Waals surface area contributed by atoms with Crippen molar-refractivity contribution in [2.75, 3.05) is 28.4 Å². The monoisotopic (exact) mass is 872 g/mol. The van der Waals surface area contributed by atoms with E-state index in [2.05, 4.69) is 12.1 Å². The van der Waals surface area contributed by atoms with Crippen LogP contribution < -0.4 is 0 Å². The lowest BCUT2D eigenvalue weighted by atomic mass is 9.79. The molecule has 0 saturated heterocycles. The van der Waals surface area contributed by atoms with E-state index in [4.69, 9.17) is 38.9 Å². The first-order valence-corrected chi connectivity index (χ1v) is 20.2. The molecule has 2 aliphatic heterocycles. The molecule has 0 aromatic heterocycles. The average molecular weight is 873 g/mol. The number of carbonyl (C=O) groups is 4. The Balaban J connectivity index is 1.53. The Bertz CT molecular complexity index is 2790. The Morgan fingerprint density at radius 3 is 0.818 bits per heavy atom. The lowest BCUT2D eigenvalue weighted by Crippen LogP contribution is -2.44. The highest BCUT2D eigenvalue weighted by atomic mass is 16.5. The Labute approximate surface area is 378 Å². The zero-order chi connectivity index (χ0) is 46.6. The van der Waals surface area contributed by atoms with Gasteiger partial charge in [0.25, 0.3) is 0 Å². The molecule has 0 bridgehead atoms. The van der Waals surface area contributed by atoms with Crippen LogP contribution in [-0.2, 0) is 30.3 Å². The van der Waals surface area contributed by atoms with Crippen LogP contribution in [0.25, 0.3) is 0 Å². The maximum Gasteiger partial charge on any atom is 0.337 e. The van der Waals surface area contributed by atoms with Crippen molar-refractivity contribution in [3.63, 3.8) is 0 Å². The third-order valence-electron chi connectivity index (χ3n) is 11.2.